The molecular weight excluding hydrogens is 272 g/mol. The fourth-order valence-electron chi connectivity index (χ4n) is 2.39. The van der Waals surface area contributed by atoms with Gasteiger partial charge in [0.2, 0.25) is 0 Å². The Balaban J connectivity index is 1.98. The van der Waals surface area contributed by atoms with Gasteiger partial charge in [0, 0.05) is 36.5 Å². The summed E-state index contributed by atoms with van der Waals surface area (Å²) in [6.45, 7) is 3.62. The first-order valence-corrected chi connectivity index (χ1v) is 8.01. The smallest absolute Gasteiger partial charge is 0.187 e. The van der Waals surface area contributed by atoms with Gasteiger partial charge in [0.05, 0.1) is 0 Å². The number of aryl methyl sites for hydroxylation is 1. The van der Waals surface area contributed by atoms with E-state index in [4.69, 9.17) is 4.74 Å². The van der Waals surface area contributed by atoms with Gasteiger partial charge in [-0.1, -0.05) is 11.8 Å². The summed E-state index contributed by atoms with van der Waals surface area (Å²) < 4.78 is 5.40. The number of thioether (sulfide) groups is 1. The Kier molecular flexibility index (Phi) is 4.03. The normalized spacial score (nSPS) is 16.5. The van der Waals surface area contributed by atoms with Crippen molar-refractivity contribution in [3.05, 3.63) is 18.0 Å². The van der Waals surface area contributed by atoms with Crippen LogP contribution in [0.2, 0.25) is 0 Å². The van der Waals surface area contributed by atoms with Crippen LogP contribution in [0, 0.1) is 6.92 Å². The van der Waals surface area contributed by atoms with E-state index in [-0.39, 0.29) is 0 Å². The molecule has 20 heavy (non-hydrogen) atoms. The second kappa shape index (κ2) is 5.93. The van der Waals surface area contributed by atoms with Crippen LogP contribution in [0.4, 0.5) is 5.82 Å². The van der Waals surface area contributed by atoms with Gasteiger partial charge in [-0.15, -0.1) is 0 Å². The number of nitrogens with one attached hydrogen (secondary N) is 1. The van der Waals surface area contributed by atoms with Crippen LogP contribution in [-0.2, 0) is 4.74 Å². The molecule has 106 valence electrons. The Morgan fingerprint density at radius 2 is 2.10 bits per heavy atom. The van der Waals surface area contributed by atoms with Crippen LogP contribution in [-0.4, -0.2) is 40.5 Å². The first-order chi connectivity index (χ1) is 9.76. The zero-order valence-corrected chi connectivity index (χ0v) is 12.5. The lowest BCUT2D eigenvalue weighted by atomic mass is 10.1. The van der Waals surface area contributed by atoms with E-state index in [9.17, 15) is 0 Å². The molecule has 0 aromatic carbocycles. The molecule has 1 saturated heterocycles. The van der Waals surface area contributed by atoms with E-state index in [0.29, 0.717) is 6.04 Å². The van der Waals surface area contributed by atoms with Crippen LogP contribution in [0.1, 0.15) is 18.5 Å². The van der Waals surface area contributed by atoms with Gasteiger partial charge in [-0.3, -0.25) is 0 Å². The minimum absolute atomic E-state index is 0.411. The monoisotopic (exact) mass is 290 g/mol. The number of hydrogen-bond donors (Lipinski definition) is 1. The third-order valence-corrected chi connectivity index (χ3v) is 3.98. The van der Waals surface area contributed by atoms with Gasteiger partial charge in [0.1, 0.15) is 5.52 Å². The highest BCUT2D eigenvalue weighted by Crippen LogP contribution is 2.24. The minimum atomic E-state index is 0.411. The fraction of sp³-hybridized carbons (Fsp3) is 0.500. The van der Waals surface area contributed by atoms with Crippen molar-refractivity contribution in [2.24, 2.45) is 0 Å². The Morgan fingerprint density at radius 1 is 1.30 bits per heavy atom. The molecule has 0 saturated carbocycles. The highest BCUT2D eigenvalue weighted by Gasteiger charge is 2.16. The molecule has 1 aliphatic heterocycles. The third-order valence-electron chi connectivity index (χ3n) is 3.42. The van der Waals surface area contributed by atoms with Crippen molar-refractivity contribution in [2.75, 3.05) is 24.8 Å². The summed E-state index contributed by atoms with van der Waals surface area (Å²) >= 11 is 1.54. The predicted molar refractivity (Wildman–Crippen MR) is 81.3 cm³/mol. The van der Waals surface area contributed by atoms with Crippen molar-refractivity contribution in [3.8, 4) is 0 Å². The molecule has 1 N–H and O–H groups in total. The van der Waals surface area contributed by atoms with Crippen LogP contribution in [0.3, 0.4) is 0 Å². The van der Waals surface area contributed by atoms with Crippen molar-refractivity contribution < 1.29 is 4.74 Å². The number of rotatable bonds is 3. The Bertz CT molecular complexity index is 613. The lowest BCUT2D eigenvalue weighted by Crippen LogP contribution is -2.28. The molecule has 2 aromatic rings. The summed E-state index contributed by atoms with van der Waals surface area (Å²) in [5.41, 5.74) is 1.88. The zero-order chi connectivity index (χ0) is 13.9. The molecule has 3 heterocycles. The van der Waals surface area contributed by atoms with Gasteiger partial charge in [-0.25, -0.2) is 15.0 Å². The van der Waals surface area contributed by atoms with E-state index in [0.717, 1.165) is 53.6 Å². The number of hydrogen-bond acceptors (Lipinski definition) is 6. The highest BCUT2D eigenvalue weighted by atomic mass is 32.2. The quantitative estimate of drug-likeness (QED) is 0.692. The van der Waals surface area contributed by atoms with E-state index in [1.807, 2.05) is 25.4 Å². The Labute approximate surface area is 122 Å². The molecule has 3 rings (SSSR count). The molecule has 0 amide bonds. The summed E-state index contributed by atoms with van der Waals surface area (Å²) in [4.78, 5) is 13.5. The SMILES string of the molecule is CSc1ncc2cc(C)nc(NC3CCOCC3)c2n1. The Morgan fingerprint density at radius 3 is 2.85 bits per heavy atom. The van der Waals surface area contributed by atoms with Crippen molar-refractivity contribution in [2.45, 2.75) is 31.0 Å². The van der Waals surface area contributed by atoms with Crippen LogP contribution >= 0.6 is 11.8 Å². The van der Waals surface area contributed by atoms with Gasteiger partial charge >= 0.3 is 0 Å². The molecule has 5 nitrogen and oxygen atoms in total. The summed E-state index contributed by atoms with van der Waals surface area (Å²) in [7, 11) is 0. The highest BCUT2D eigenvalue weighted by molar-refractivity contribution is 7.98. The molecule has 6 heteroatoms. The molecule has 0 atom stereocenters. The molecule has 0 bridgehead atoms. The van der Waals surface area contributed by atoms with E-state index in [1.165, 1.54) is 0 Å². The van der Waals surface area contributed by atoms with E-state index >= 15 is 0 Å². The topological polar surface area (TPSA) is 59.9 Å². The average Bonchev–Trinajstić information content (AvgIpc) is 2.48. The second-order valence-corrected chi connectivity index (χ2v) is 5.71. The van der Waals surface area contributed by atoms with Crippen molar-refractivity contribution >= 4 is 28.5 Å². The van der Waals surface area contributed by atoms with Crippen LogP contribution in [0.15, 0.2) is 17.4 Å². The van der Waals surface area contributed by atoms with Crippen LogP contribution < -0.4 is 5.32 Å². The Hall–Kier alpha value is -1.40. The molecular formula is C14H18N4OS. The van der Waals surface area contributed by atoms with Crippen LogP contribution in [0.25, 0.3) is 10.9 Å². The van der Waals surface area contributed by atoms with Crippen molar-refractivity contribution in [1.29, 1.82) is 0 Å². The third kappa shape index (κ3) is 2.86. The lowest BCUT2D eigenvalue weighted by Gasteiger charge is -2.24. The second-order valence-electron chi connectivity index (χ2n) is 4.94. The minimum Gasteiger partial charge on any atom is -0.381 e. The average molecular weight is 290 g/mol. The van der Waals surface area contributed by atoms with Crippen molar-refractivity contribution in [3.63, 3.8) is 0 Å². The molecule has 0 unspecified atom stereocenters. The molecule has 2 aromatic heterocycles. The number of aromatic nitrogens is 3. The molecule has 0 radical (unpaired) electrons. The summed E-state index contributed by atoms with van der Waals surface area (Å²) in [5, 5.41) is 5.33. The lowest BCUT2D eigenvalue weighted by molar-refractivity contribution is 0.0904. The maximum atomic E-state index is 5.40. The van der Waals surface area contributed by atoms with E-state index in [2.05, 4.69) is 20.3 Å². The maximum absolute atomic E-state index is 5.40. The molecule has 1 fully saturated rings. The number of ether oxygens (including phenoxy) is 1. The van der Waals surface area contributed by atoms with Gasteiger partial charge < -0.3 is 10.1 Å². The van der Waals surface area contributed by atoms with Crippen molar-refractivity contribution in [1.82, 2.24) is 15.0 Å². The summed E-state index contributed by atoms with van der Waals surface area (Å²) in [6, 6.07) is 2.43. The number of pyridine rings is 1. The standard InChI is InChI=1S/C14H18N4OS/c1-9-7-10-8-15-14(20-2)18-12(10)13(16-9)17-11-3-5-19-6-4-11/h7-8,11H,3-6H2,1-2H3,(H,16,17). The van der Waals surface area contributed by atoms with Gasteiger partial charge in [-0.05, 0) is 32.1 Å². The maximum Gasteiger partial charge on any atom is 0.187 e. The molecule has 1 aliphatic rings. The number of nitrogens with zero attached hydrogens (tertiary/aromatic N) is 3. The number of anilines is 1. The summed E-state index contributed by atoms with van der Waals surface area (Å²) in [5.74, 6) is 0.865. The molecule has 0 aliphatic carbocycles. The zero-order valence-electron chi connectivity index (χ0n) is 11.7. The first-order valence-electron chi connectivity index (χ1n) is 6.79. The predicted octanol–water partition coefficient (Wildman–Crippen LogP) is 2.65. The van der Waals surface area contributed by atoms with E-state index in [1.54, 1.807) is 11.8 Å². The molecule has 0 spiro atoms. The first kappa shape index (κ1) is 13.6. The van der Waals surface area contributed by atoms with Gasteiger partial charge in [0.25, 0.3) is 0 Å². The number of fused-ring (bicyclic) bond motifs is 1. The summed E-state index contributed by atoms with van der Waals surface area (Å²) in [6.07, 6.45) is 5.88. The van der Waals surface area contributed by atoms with Crippen LogP contribution in [0.5, 0.6) is 0 Å². The largest absolute Gasteiger partial charge is 0.381 e. The van der Waals surface area contributed by atoms with E-state index < -0.39 is 0 Å². The fourth-order valence-corrected chi connectivity index (χ4v) is 2.73. The van der Waals surface area contributed by atoms with Gasteiger partial charge in [0.15, 0.2) is 11.0 Å². The van der Waals surface area contributed by atoms with Gasteiger partial charge in [-0.2, -0.15) is 0 Å².